The Morgan fingerprint density at radius 3 is 1.83 bits per heavy atom. The smallest absolute Gasteiger partial charge is 0.368 e. The zero-order valence-electron chi connectivity index (χ0n) is 2.67. The second-order valence-electron chi connectivity index (χ2n) is 0.456. The van der Waals surface area contributed by atoms with Crippen LogP contribution < -0.4 is 0 Å². The molecule has 0 fully saturated rings. The maximum absolute atomic E-state index is 9.00. The molecule has 3 nitrogen and oxygen atoms in total. The molecular weight excluding hydrogens is 264 g/mol. The third-order valence-electron chi connectivity index (χ3n) is 0.101. The van der Waals surface area contributed by atoms with Gasteiger partial charge in [-0.1, -0.05) is 0 Å². The molecule has 0 unspecified atom stereocenters. The van der Waals surface area contributed by atoms with E-state index in [2.05, 4.69) is 0 Å². The second-order valence-corrected chi connectivity index (χ2v) is 0.456. The summed E-state index contributed by atoms with van der Waals surface area (Å²) in [6, 6.07) is 0. The second kappa shape index (κ2) is 4.79. The first kappa shape index (κ1) is 9.25. The molecule has 0 spiro atoms. The monoisotopic (exact) mass is 267 g/mol. The topological polar surface area (TPSA) is 54.4 Å². The largest absolute Gasteiger partial charge is 0.476 e. The van der Waals surface area contributed by atoms with Crippen molar-refractivity contribution in [2.24, 2.45) is 0 Å². The maximum Gasteiger partial charge on any atom is 0.368 e. The van der Waals surface area contributed by atoms with E-state index in [1.54, 1.807) is 0 Å². The normalized spacial score (nSPS) is 5.33. The molecule has 0 atom stereocenters. The first-order valence-corrected chi connectivity index (χ1v) is 0.952. The molecule has 0 rings (SSSR count). The van der Waals surface area contributed by atoms with Crippen LogP contribution in [0.2, 0.25) is 0 Å². The summed E-state index contributed by atoms with van der Waals surface area (Å²) < 4.78 is 0. The molecule has 0 aromatic heterocycles. The van der Waals surface area contributed by atoms with E-state index in [0.29, 0.717) is 0 Å². The molecule has 0 aromatic rings. The van der Waals surface area contributed by atoms with Gasteiger partial charge in [0.25, 0.3) is 0 Å². The molecule has 0 aromatic carbocycles. The van der Waals surface area contributed by atoms with E-state index in [9.17, 15) is 0 Å². The van der Waals surface area contributed by atoms with Gasteiger partial charge in [0, 0.05) is 20.1 Å². The van der Waals surface area contributed by atoms with Gasteiger partial charge >= 0.3 is 5.97 Å². The zero-order chi connectivity index (χ0) is 4.28. The molecule has 0 heterocycles. The first-order chi connectivity index (χ1) is 2.27. The minimum Gasteiger partial charge on any atom is -0.476 e. The summed E-state index contributed by atoms with van der Waals surface area (Å²) in [5.41, 5.74) is 0. The molecule has 0 bridgehead atoms. The van der Waals surface area contributed by atoms with Gasteiger partial charge in [0.15, 0.2) is 0 Å². The Morgan fingerprint density at radius 1 is 1.67 bits per heavy atom. The van der Waals surface area contributed by atoms with Gasteiger partial charge in [0.05, 0.1) is 0 Å². The Labute approximate surface area is 47.7 Å². The third-order valence-corrected chi connectivity index (χ3v) is 0.101. The molecule has 0 aliphatic carbocycles. The van der Waals surface area contributed by atoms with Crippen molar-refractivity contribution in [3.8, 4) is 0 Å². The average molecular weight is 266 g/mol. The fourth-order valence-electron chi connectivity index (χ4n) is 0. The Hall–Kier alpha value is -0.211. The van der Waals surface area contributed by atoms with Crippen LogP contribution >= 0.6 is 0 Å². The van der Waals surface area contributed by atoms with Gasteiger partial charge in [-0.3, -0.25) is 4.79 Å². The predicted molar refractivity (Wildman–Crippen MR) is 13.7 cm³/mol. The van der Waals surface area contributed by atoms with Gasteiger partial charge in [0.1, 0.15) is 0 Å². The van der Waals surface area contributed by atoms with Gasteiger partial charge in [-0.2, -0.15) is 0 Å². The van der Waals surface area contributed by atoms with Gasteiger partial charge in [-0.05, 0) is 0 Å². The molecule has 6 heavy (non-hydrogen) atoms. The van der Waals surface area contributed by atoms with E-state index >= 15 is 0 Å². The fraction of sp³-hybridized carbons (Fsp3) is 0. The Morgan fingerprint density at radius 2 is 1.83 bits per heavy atom. The molecule has 0 saturated heterocycles. The fourth-order valence-corrected chi connectivity index (χ4v) is 0. The number of carboxylic acid groups (broad SMARTS) is 1. The number of hydrogen-bond donors (Lipinski definition) is 1. The van der Waals surface area contributed by atoms with E-state index in [4.69, 9.17) is 14.7 Å². The van der Waals surface area contributed by atoms with Crippen molar-refractivity contribution in [1.29, 1.82) is 0 Å². The van der Waals surface area contributed by atoms with E-state index in [1.165, 1.54) is 0 Å². The Kier molecular flexibility index (Phi) is 7.38. The third kappa shape index (κ3) is 9.21. The predicted octanol–water partition coefficient (Wildman–Crippen LogP) is -0.733. The van der Waals surface area contributed by atoms with Crippen molar-refractivity contribution < 1.29 is 34.8 Å². The average Bonchev–Trinajstić information content (AvgIpc) is 1.38. The minimum absolute atomic E-state index is 0. The summed E-state index contributed by atoms with van der Waals surface area (Å²) in [6.07, 6.45) is -0.167. The van der Waals surface area contributed by atoms with Crippen LogP contribution in [0.25, 0.3) is 0 Å². The van der Waals surface area contributed by atoms with Crippen LogP contribution in [-0.4, -0.2) is 17.4 Å². The summed E-state index contributed by atoms with van der Waals surface area (Å²) in [4.78, 5) is 17.9. The standard InChI is InChI=1S/C2H2O3.Ir/c3-1-2(4)5;/h1H,(H,4,5);. The van der Waals surface area contributed by atoms with Crippen molar-refractivity contribution in [2.45, 2.75) is 0 Å². The van der Waals surface area contributed by atoms with Gasteiger partial charge in [0.2, 0.25) is 6.29 Å². The summed E-state index contributed by atoms with van der Waals surface area (Å²) >= 11 is 0. The molecule has 0 aliphatic rings. The van der Waals surface area contributed by atoms with Crippen LogP contribution in [0.3, 0.4) is 0 Å². The number of carbonyl (C=O) groups is 2. The van der Waals surface area contributed by atoms with Crippen molar-refractivity contribution in [1.82, 2.24) is 0 Å². The number of aldehydes is 1. The molecule has 1 radical (unpaired) electrons. The van der Waals surface area contributed by atoms with E-state index in [0.717, 1.165) is 0 Å². The zero-order valence-corrected chi connectivity index (χ0v) is 5.07. The van der Waals surface area contributed by atoms with Crippen LogP contribution in [0.1, 0.15) is 0 Å². The van der Waals surface area contributed by atoms with Crippen molar-refractivity contribution >= 4 is 12.3 Å². The maximum atomic E-state index is 9.00. The van der Waals surface area contributed by atoms with Crippen LogP contribution in [0, 0.1) is 0 Å². The van der Waals surface area contributed by atoms with Gasteiger partial charge in [-0.15, -0.1) is 0 Å². The molecule has 0 amide bonds. The van der Waals surface area contributed by atoms with E-state index in [1.807, 2.05) is 0 Å². The number of hydrogen-bond acceptors (Lipinski definition) is 2. The summed E-state index contributed by atoms with van der Waals surface area (Å²) in [5.74, 6) is -1.43. The van der Waals surface area contributed by atoms with E-state index in [-0.39, 0.29) is 26.4 Å². The van der Waals surface area contributed by atoms with Crippen molar-refractivity contribution in [3.63, 3.8) is 0 Å². The molecule has 0 saturated carbocycles. The van der Waals surface area contributed by atoms with Crippen LogP contribution in [-0.2, 0) is 29.7 Å². The van der Waals surface area contributed by atoms with Gasteiger partial charge in [-0.25, -0.2) is 4.79 Å². The SMILES string of the molecule is O=CC(=O)O.[Ir]. The first-order valence-electron chi connectivity index (χ1n) is 0.952. The number of carbonyl (C=O) groups excluding carboxylic acids is 1. The van der Waals surface area contributed by atoms with Crippen molar-refractivity contribution in [2.75, 3.05) is 0 Å². The molecule has 37 valence electrons. The number of rotatable bonds is 1. The summed E-state index contributed by atoms with van der Waals surface area (Å²) in [7, 11) is 0. The summed E-state index contributed by atoms with van der Waals surface area (Å²) in [6.45, 7) is 0. The quantitative estimate of drug-likeness (QED) is 0.503. The van der Waals surface area contributed by atoms with Crippen LogP contribution in [0.4, 0.5) is 0 Å². The Balaban J connectivity index is 0. The minimum atomic E-state index is -1.43. The molecule has 4 heteroatoms. The Bertz CT molecular complexity index is 59.8. The van der Waals surface area contributed by atoms with Crippen LogP contribution in [0.15, 0.2) is 0 Å². The molecule has 0 aliphatic heterocycles. The van der Waals surface area contributed by atoms with E-state index < -0.39 is 5.97 Å². The van der Waals surface area contributed by atoms with Crippen molar-refractivity contribution in [3.05, 3.63) is 0 Å². The van der Waals surface area contributed by atoms with Crippen LogP contribution in [0.5, 0.6) is 0 Å². The van der Waals surface area contributed by atoms with Gasteiger partial charge < -0.3 is 5.11 Å². The molecular formula is C2H2IrO3. The molecule has 1 N–H and O–H groups in total. The summed E-state index contributed by atoms with van der Waals surface area (Å²) in [5, 5.41) is 7.35. The number of carboxylic acids is 1. The number of aliphatic carboxylic acids is 1.